The molecule has 0 heterocycles. The Morgan fingerprint density at radius 3 is 1.96 bits per heavy atom. The third-order valence-corrected chi connectivity index (χ3v) is 3.81. The first-order valence-electron chi connectivity index (χ1n) is 8.58. The Morgan fingerprint density at radius 1 is 0.808 bits per heavy atom. The summed E-state index contributed by atoms with van der Waals surface area (Å²) in [5, 5.41) is 0. The molecule has 0 aromatic heterocycles. The maximum absolute atomic E-state index is 12.6. The first-order chi connectivity index (χ1) is 12.6. The molecular formula is C21H22O5. The van der Waals surface area contributed by atoms with Crippen molar-refractivity contribution in [2.24, 2.45) is 5.92 Å². The van der Waals surface area contributed by atoms with Gasteiger partial charge < -0.3 is 9.47 Å². The van der Waals surface area contributed by atoms with Gasteiger partial charge in [0, 0.05) is 11.1 Å². The van der Waals surface area contributed by atoms with Crippen molar-refractivity contribution < 1.29 is 23.9 Å². The number of hydrogen-bond donors (Lipinski definition) is 0. The molecule has 2 rings (SSSR count). The Bertz CT molecular complexity index is 749. The van der Waals surface area contributed by atoms with Gasteiger partial charge in [-0.05, 0) is 31.9 Å². The van der Waals surface area contributed by atoms with Crippen molar-refractivity contribution in [2.75, 3.05) is 13.2 Å². The standard InChI is InChI=1S/C21H22O5/c1-3-25-20(23)18(21(24)26-4-2)14-15-9-8-12-17(13-15)19(22)16-10-6-5-7-11-16/h5-13,18H,3-4,14H2,1-2H3. The van der Waals surface area contributed by atoms with Crippen LogP contribution in [0.15, 0.2) is 54.6 Å². The van der Waals surface area contributed by atoms with Crippen molar-refractivity contribution in [3.63, 3.8) is 0 Å². The normalized spacial score (nSPS) is 10.4. The number of carbonyl (C=O) groups is 3. The van der Waals surface area contributed by atoms with E-state index in [4.69, 9.17) is 9.47 Å². The number of ketones is 1. The summed E-state index contributed by atoms with van der Waals surface area (Å²) < 4.78 is 9.97. The van der Waals surface area contributed by atoms with Gasteiger partial charge in [0.25, 0.3) is 0 Å². The topological polar surface area (TPSA) is 69.7 Å². The molecule has 0 fully saturated rings. The predicted octanol–water partition coefficient (Wildman–Crippen LogP) is 3.20. The molecule has 26 heavy (non-hydrogen) atoms. The highest BCUT2D eigenvalue weighted by molar-refractivity contribution is 6.09. The molecule has 0 aliphatic rings. The van der Waals surface area contributed by atoms with Gasteiger partial charge in [0.15, 0.2) is 11.7 Å². The van der Waals surface area contributed by atoms with Crippen LogP contribution in [0.2, 0.25) is 0 Å². The fourth-order valence-corrected chi connectivity index (χ4v) is 2.58. The Hall–Kier alpha value is -2.95. The summed E-state index contributed by atoms with van der Waals surface area (Å²) in [5.74, 6) is -2.40. The van der Waals surface area contributed by atoms with E-state index in [1.807, 2.05) is 6.07 Å². The molecule has 5 heteroatoms. The van der Waals surface area contributed by atoms with E-state index in [1.54, 1.807) is 62.4 Å². The van der Waals surface area contributed by atoms with Crippen LogP contribution in [0.4, 0.5) is 0 Å². The molecule has 0 radical (unpaired) electrons. The van der Waals surface area contributed by atoms with Crippen molar-refractivity contribution >= 4 is 17.7 Å². The molecule has 2 aromatic carbocycles. The Kier molecular flexibility index (Phi) is 7.09. The second-order valence-corrected chi connectivity index (χ2v) is 5.66. The molecule has 0 N–H and O–H groups in total. The van der Waals surface area contributed by atoms with Gasteiger partial charge in [-0.3, -0.25) is 14.4 Å². The predicted molar refractivity (Wildman–Crippen MR) is 96.8 cm³/mol. The minimum atomic E-state index is -1.04. The van der Waals surface area contributed by atoms with E-state index in [2.05, 4.69) is 0 Å². The molecule has 0 saturated carbocycles. The van der Waals surface area contributed by atoms with E-state index in [0.29, 0.717) is 16.7 Å². The molecular weight excluding hydrogens is 332 g/mol. The van der Waals surface area contributed by atoms with E-state index >= 15 is 0 Å². The first-order valence-corrected chi connectivity index (χ1v) is 8.58. The minimum Gasteiger partial charge on any atom is -0.465 e. The summed E-state index contributed by atoms with van der Waals surface area (Å²) in [5.41, 5.74) is 1.77. The summed E-state index contributed by atoms with van der Waals surface area (Å²) in [6.45, 7) is 3.72. The number of esters is 2. The van der Waals surface area contributed by atoms with Gasteiger partial charge in [-0.15, -0.1) is 0 Å². The summed E-state index contributed by atoms with van der Waals surface area (Å²) >= 11 is 0. The molecule has 0 bridgehead atoms. The average Bonchev–Trinajstić information content (AvgIpc) is 2.66. The zero-order valence-corrected chi connectivity index (χ0v) is 14.9. The van der Waals surface area contributed by atoms with Gasteiger partial charge in [-0.2, -0.15) is 0 Å². The van der Waals surface area contributed by atoms with Crippen LogP contribution in [-0.2, 0) is 25.5 Å². The van der Waals surface area contributed by atoms with Gasteiger partial charge in [-0.25, -0.2) is 0 Å². The molecule has 0 aliphatic carbocycles. The van der Waals surface area contributed by atoms with Crippen LogP contribution in [-0.4, -0.2) is 30.9 Å². The minimum absolute atomic E-state index is 0.115. The van der Waals surface area contributed by atoms with Gasteiger partial charge in [0.2, 0.25) is 0 Å². The van der Waals surface area contributed by atoms with Crippen LogP contribution >= 0.6 is 0 Å². The van der Waals surface area contributed by atoms with Gasteiger partial charge in [0.1, 0.15) is 0 Å². The highest BCUT2D eigenvalue weighted by Crippen LogP contribution is 2.17. The van der Waals surface area contributed by atoms with Crippen molar-refractivity contribution in [1.29, 1.82) is 0 Å². The van der Waals surface area contributed by atoms with Crippen LogP contribution in [0.1, 0.15) is 35.3 Å². The number of rotatable bonds is 8. The molecule has 0 amide bonds. The quantitative estimate of drug-likeness (QED) is 0.414. The SMILES string of the molecule is CCOC(=O)C(Cc1cccc(C(=O)c2ccccc2)c1)C(=O)OCC. The highest BCUT2D eigenvalue weighted by Gasteiger charge is 2.29. The van der Waals surface area contributed by atoms with Crippen molar-refractivity contribution in [1.82, 2.24) is 0 Å². The van der Waals surface area contributed by atoms with Gasteiger partial charge in [-0.1, -0.05) is 48.5 Å². The van der Waals surface area contributed by atoms with Crippen molar-refractivity contribution in [2.45, 2.75) is 20.3 Å². The Labute approximate surface area is 152 Å². The zero-order valence-electron chi connectivity index (χ0n) is 14.9. The van der Waals surface area contributed by atoms with Crippen LogP contribution in [0.25, 0.3) is 0 Å². The number of benzene rings is 2. The summed E-state index contributed by atoms with van der Waals surface area (Å²) in [7, 11) is 0. The van der Waals surface area contributed by atoms with Crippen LogP contribution in [0.3, 0.4) is 0 Å². The fourth-order valence-electron chi connectivity index (χ4n) is 2.58. The molecule has 5 nitrogen and oxygen atoms in total. The number of hydrogen-bond acceptors (Lipinski definition) is 5. The largest absolute Gasteiger partial charge is 0.465 e. The summed E-state index contributed by atoms with van der Waals surface area (Å²) in [6.07, 6.45) is 0.119. The van der Waals surface area contributed by atoms with E-state index in [0.717, 1.165) is 0 Å². The maximum Gasteiger partial charge on any atom is 0.320 e. The average molecular weight is 354 g/mol. The second kappa shape index (κ2) is 9.51. The van der Waals surface area contributed by atoms with E-state index < -0.39 is 17.9 Å². The van der Waals surface area contributed by atoms with Crippen LogP contribution in [0.5, 0.6) is 0 Å². The van der Waals surface area contributed by atoms with Gasteiger partial charge >= 0.3 is 11.9 Å². The summed E-state index contributed by atoms with van der Waals surface area (Å²) in [4.78, 5) is 36.8. The molecule has 2 aromatic rings. The molecule has 0 spiro atoms. The van der Waals surface area contributed by atoms with E-state index in [-0.39, 0.29) is 25.4 Å². The molecule has 0 aliphatic heterocycles. The lowest BCUT2D eigenvalue weighted by molar-refractivity contribution is -0.161. The lowest BCUT2D eigenvalue weighted by Crippen LogP contribution is -2.30. The van der Waals surface area contributed by atoms with Crippen LogP contribution < -0.4 is 0 Å². The third-order valence-electron chi connectivity index (χ3n) is 3.81. The van der Waals surface area contributed by atoms with E-state index in [9.17, 15) is 14.4 Å². The van der Waals surface area contributed by atoms with Crippen molar-refractivity contribution in [3.05, 3.63) is 71.3 Å². The van der Waals surface area contributed by atoms with Crippen molar-refractivity contribution in [3.8, 4) is 0 Å². The third kappa shape index (κ3) is 5.02. The number of carbonyl (C=O) groups excluding carboxylic acids is 3. The summed E-state index contributed by atoms with van der Waals surface area (Å²) in [6, 6.07) is 15.8. The molecule has 0 saturated heterocycles. The zero-order chi connectivity index (χ0) is 18.9. The Balaban J connectivity index is 2.23. The molecule has 136 valence electrons. The Morgan fingerprint density at radius 2 is 1.38 bits per heavy atom. The monoisotopic (exact) mass is 354 g/mol. The highest BCUT2D eigenvalue weighted by atomic mass is 16.6. The van der Waals surface area contributed by atoms with E-state index in [1.165, 1.54) is 0 Å². The lowest BCUT2D eigenvalue weighted by Gasteiger charge is -2.15. The first kappa shape index (κ1) is 19.4. The molecule has 0 unspecified atom stereocenters. The second-order valence-electron chi connectivity index (χ2n) is 5.66. The fraction of sp³-hybridized carbons (Fsp3) is 0.286. The lowest BCUT2D eigenvalue weighted by atomic mass is 9.95. The van der Waals surface area contributed by atoms with Gasteiger partial charge in [0.05, 0.1) is 13.2 Å². The smallest absolute Gasteiger partial charge is 0.320 e. The number of ether oxygens (including phenoxy) is 2. The van der Waals surface area contributed by atoms with Crippen LogP contribution in [0, 0.1) is 5.92 Å². The maximum atomic E-state index is 12.6. The molecule has 0 atom stereocenters.